The van der Waals surface area contributed by atoms with Gasteiger partial charge < -0.3 is 15.4 Å². The number of rotatable bonds is 8. The van der Waals surface area contributed by atoms with Crippen LogP contribution in [0.4, 0.5) is 0 Å². The smallest absolute Gasteiger partial charge is 0.191 e. The Morgan fingerprint density at radius 2 is 2.04 bits per heavy atom. The predicted molar refractivity (Wildman–Crippen MR) is 128 cm³/mol. The van der Waals surface area contributed by atoms with Gasteiger partial charge in [-0.3, -0.25) is 9.89 Å². The van der Waals surface area contributed by atoms with Crippen molar-refractivity contribution in [2.75, 3.05) is 52.2 Å². The third-order valence-corrected chi connectivity index (χ3v) is 7.90. The van der Waals surface area contributed by atoms with Gasteiger partial charge in [0.2, 0.25) is 0 Å². The maximum absolute atomic E-state index is 11.9. The number of halogens is 1. The molecule has 1 aromatic rings. The molecule has 162 valence electrons. The fourth-order valence-electron chi connectivity index (χ4n) is 2.70. The van der Waals surface area contributed by atoms with Gasteiger partial charge >= 0.3 is 0 Å². The number of hydrogen-bond donors (Lipinski definition) is 2. The number of ether oxygens (including phenoxy) is 1. The Labute approximate surface area is 190 Å². The van der Waals surface area contributed by atoms with E-state index >= 15 is 0 Å². The van der Waals surface area contributed by atoms with Crippen LogP contribution < -0.4 is 10.6 Å². The molecule has 2 rings (SSSR count). The van der Waals surface area contributed by atoms with E-state index in [0.717, 1.165) is 26.3 Å². The molecule has 0 radical (unpaired) electrons. The van der Waals surface area contributed by atoms with Gasteiger partial charge in [-0.15, -0.1) is 35.3 Å². The fourth-order valence-corrected chi connectivity index (χ4v) is 3.86. The van der Waals surface area contributed by atoms with Crippen molar-refractivity contribution in [2.45, 2.75) is 31.6 Å². The number of guanidine groups is 1. The highest BCUT2D eigenvalue weighted by atomic mass is 127. The highest BCUT2D eigenvalue weighted by Crippen LogP contribution is 2.25. The van der Waals surface area contributed by atoms with Gasteiger partial charge in [0.1, 0.15) is 0 Å². The zero-order valence-corrected chi connectivity index (χ0v) is 21.1. The second kappa shape index (κ2) is 11.7. The van der Waals surface area contributed by atoms with Crippen molar-refractivity contribution < 1.29 is 13.2 Å². The lowest BCUT2D eigenvalue weighted by molar-refractivity contribution is 0.0177. The molecular formula is C18H33IN4O3S2. The lowest BCUT2D eigenvalue weighted by Gasteiger charge is -2.34. The molecule has 1 aliphatic rings. The quantitative estimate of drug-likeness (QED) is 0.297. The standard InChI is InChI=1S/C18H32N4O3S2.HI/c1-5-19-17(21-14-18(2,3)27(4,23)24)20-13-15(16-7-6-12-26-16)22-8-10-25-11-9-22;/h6-7,12,15H,5,8-11,13-14H2,1-4H3,(H2,19,20,21);1H. The van der Waals surface area contributed by atoms with Gasteiger partial charge in [-0.25, -0.2) is 8.42 Å². The van der Waals surface area contributed by atoms with Crippen molar-refractivity contribution >= 4 is 51.1 Å². The van der Waals surface area contributed by atoms with E-state index in [2.05, 4.69) is 38.0 Å². The Morgan fingerprint density at radius 1 is 1.36 bits per heavy atom. The second-order valence-corrected chi connectivity index (χ2v) is 10.9. The third-order valence-electron chi connectivity index (χ3n) is 4.79. The van der Waals surface area contributed by atoms with Gasteiger partial charge in [-0.05, 0) is 32.2 Å². The number of hydrogen-bond acceptors (Lipinski definition) is 6. The Morgan fingerprint density at radius 3 is 2.57 bits per heavy atom. The van der Waals surface area contributed by atoms with Crippen LogP contribution in [0.5, 0.6) is 0 Å². The molecule has 10 heteroatoms. The number of aliphatic imine (C=N–C) groups is 1. The first-order chi connectivity index (χ1) is 12.7. The monoisotopic (exact) mass is 544 g/mol. The molecule has 0 amide bonds. The lowest BCUT2D eigenvalue weighted by atomic mass is 10.2. The first-order valence-corrected chi connectivity index (χ1v) is 12.1. The number of thiophene rings is 1. The minimum atomic E-state index is -3.18. The maximum atomic E-state index is 11.9. The second-order valence-electron chi connectivity index (χ2n) is 7.29. The fraction of sp³-hybridized carbons (Fsp3) is 0.722. The summed E-state index contributed by atoms with van der Waals surface area (Å²) in [4.78, 5) is 8.25. The van der Waals surface area contributed by atoms with Crippen molar-refractivity contribution in [3.8, 4) is 0 Å². The zero-order chi connectivity index (χ0) is 19.9. The van der Waals surface area contributed by atoms with Crippen LogP contribution in [-0.4, -0.2) is 76.2 Å². The molecule has 0 bridgehead atoms. The molecule has 2 heterocycles. The molecule has 2 N–H and O–H groups in total. The van der Waals surface area contributed by atoms with Gasteiger partial charge in [0, 0.05) is 37.3 Å². The summed E-state index contributed by atoms with van der Waals surface area (Å²) in [6.07, 6.45) is 1.26. The van der Waals surface area contributed by atoms with E-state index in [-0.39, 0.29) is 36.6 Å². The number of morpholine rings is 1. The molecule has 7 nitrogen and oxygen atoms in total. The van der Waals surface area contributed by atoms with Crippen LogP contribution in [-0.2, 0) is 14.6 Å². The van der Waals surface area contributed by atoms with Gasteiger partial charge in [0.15, 0.2) is 15.8 Å². The van der Waals surface area contributed by atoms with Crippen LogP contribution in [0.15, 0.2) is 22.5 Å². The molecule has 0 spiro atoms. The minimum absolute atomic E-state index is 0. The van der Waals surface area contributed by atoms with Crippen LogP contribution >= 0.6 is 35.3 Å². The Kier molecular flexibility index (Phi) is 10.7. The molecule has 1 atom stereocenters. The van der Waals surface area contributed by atoms with E-state index in [0.29, 0.717) is 19.0 Å². The van der Waals surface area contributed by atoms with E-state index in [1.807, 2.05) is 6.92 Å². The summed E-state index contributed by atoms with van der Waals surface area (Å²) in [6.45, 7) is 10.3. The van der Waals surface area contributed by atoms with Gasteiger partial charge in [-0.2, -0.15) is 0 Å². The molecular weight excluding hydrogens is 511 g/mol. The molecule has 1 aromatic heterocycles. The normalized spacial score (nSPS) is 17.6. The van der Waals surface area contributed by atoms with Crippen molar-refractivity contribution in [2.24, 2.45) is 4.99 Å². The third kappa shape index (κ3) is 7.43. The van der Waals surface area contributed by atoms with Crippen molar-refractivity contribution in [3.05, 3.63) is 22.4 Å². The summed E-state index contributed by atoms with van der Waals surface area (Å²) in [5.74, 6) is 0.643. The lowest BCUT2D eigenvalue weighted by Crippen LogP contribution is -2.46. The summed E-state index contributed by atoms with van der Waals surface area (Å²) in [5, 5.41) is 8.71. The maximum Gasteiger partial charge on any atom is 0.191 e. The highest BCUT2D eigenvalue weighted by molar-refractivity contribution is 14.0. The topological polar surface area (TPSA) is 83.0 Å². The summed E-state index contributed by atoms with van der Waals surface area (Å²) in [6, 6.07) is 4.46. The summed E-state index contributed by atoms with van der Waals surface area (Å²) >= 11 is 1.75. The molecule has 1 unspecified atom stereocenters. The average Bonchev–Trinajstić information content (AvgIpc) is 3.14. The SMILES string of the molecule is CCNC(=NCC(C)(C)S(C)(=O)=O)NCC(c1cccs1)N1CCOCC1.I. The van der Waals surface area contributed by atoms with Crippen LogP contribution in [0, 0.1) is 0 Å². The van der Waals surface area contributed by atoms with E-state index in [1.54, 1.807) is 25.2 Å². The molecule has 0 aliphatic carbocycles. The number of sulfone groups is 1. The Balaban J connectivity index is 0.00000392. The summed E-state index contributed by atoms with van der Waals surface area (Å²) in [5.41, 5.74) is 0. The van der Waals surface area contributed by atoms with Crippen molar-refractivity contribution in [1.82, 2.24) is 15.5 Å². The van der Waals surface area contributed by atoms with E-state index in [1.165, 1.54) is 11.1 Å². The first kappa shape index (κ1) is 25.6. The number of nitrogens with zero attached hydrogens (tertiary/aromatic N) is 2. The number of nitrogens with one attached hydrogen (secondary N) is 2. The van der Waals surface area contributed by atoms with Crippen LogP contribution in [0.2, 0.25) is 0 Å². The summed E-state index contributed by atoms with van der Waals surface area (Å²) < 4.78 is 28.4. The molecule has 0 saturated carbocycles. The molecule has 28 heavy (non-hydrogen) atoms. The van der Waals surface area contributed by atoms with E-state index < -0.39 is 14.6 Å². The molecule has 0 aromatic carbocycles. The average molecular weight is 545 g/mol. The van der Waals surface area contributed by atoms with E-state index in [9.17, 15) is 8.42 Å². The molecule has 1 fully saturated rings. The Bertz CT molecular complexity index is 702. The summed E-state index contributed by atoms with van der Waals surface area (Å²) in [7, 11) is -3.18. The molecule has 1 saturated heterocycles. The van der Waals surface area contributed by atoms with Crippen molar-refractivity contribution in [1.29, 1.82) is 0 Å². The minimum Gasteiger partial charge on any atom is -0.379 e. The van der Waals surface area contributed by atoms with Gasteiger partial charge in [-0.1, -0.05) is 6.07 Å². The Hall–Kier alpha value is -0.430. The zero-order valence-electron chi connectivity index (χ0n) is 17.1. The largest absolute Gasteiger partial charge is 0.379 e. The van der Waals surface area contributed by atoms with Crippen LogP contribution in [0.3, 0.4) is 0 Å². The van der Waals surface area contributed by atoms with E-state index in [4.69, 9.17) is 4.74 Å². The first-order valence-electron chi connectivity index (χ1n) is 9.31. The molecule has 1 aliphatic heterocycles. The van der Waals surface area contributed by atoms with Gasteiger partial charge in [0.05, 0.1) is 30.5 Å². The highest BCUT2D eigenvalue weighted by Gasteiger charge is 2.30. The predicted octanol–water partition coefficient (Wildman–Crippen LogP) is 2.12. The van der Waals surface area contributed by atoms with Gasteiger partial charge in [0.25, 0.3) is 0 Å². The van der Waals surface area contributed by atoms with Crippen LogP contribution in [0.25, 0.3) is 0 Å². The van der Waals surface area contributed by atoms with Crippen molar-refractivity contribution in [3.63, 3.8) is 0 Å². The van der Waals surface area contributed by atoms with Crippen LogP contribution in [0.1, 0.15) is 31.7 Å².